The van der Waals surface area contributed by atoms with E-state index in [0.717, 1.165) is 0 Å². The number of amides is 1. The zero-order valence-corrected chi connectivity index (χ0v) is 13.0. The number of hydrogen-bond donors (Lipinski definition) is 1. The molecular weight excluding hydrogens is 286 g/mol. The molecule has 6 nitrogen and oxygen atoms in total. The number of likely N-dealkylation sites (tertiary alicyclic amines) is 1. The summed E-state index contributed by atoms with van der Waals surface area (Å²) in [4.78, 5) is 25.4. The molecule has 1 aromatic rings. The van der Waals surface area contributed by atoms with E-state index in [2.05, 4.69) is 0 Å². The second-order valence-corrected chi connectivity index (χ2v) is 5.66. The van der Waals surface area contributed by atoms with Gasteiger partial charge >= 0.3 is 5.97 Å². The molecule has 1 aliphatic heterocycles. The van der Waals surface area contributed by atoms with Gasteiger partial charge in [0.1, 0.15) is 0 Å². The van der Waals surface area contributed by atoms with E-state index in [1.807, 2.05) is 6.92 Å². The van der Waals surface area contributed by atoms with Gasteiger partial charge in [0.25, 0.3) is 5.91 Å². The summed E-state index contributed by atoms with van der Waals surface area (Å²) < 4.78 is 10.4. The smallest absolute Gasteiger partial charge is 0.308 e. The first kappa shape index (κ1) is 16.1. The number of benzene rings is 1. The highest BCUT2D eigenvalue weighted by Gasteiger charge is 2.32. The molecule has 1 N–H and O–H groups in total. The molecule has 0 aromatic heterocycles. The Balaban J connectivity index is 2.21. The zero-order valence-electron chi connectivity index (χ0n) is 13.0. The maximum Gasteiger partial charge on any atom is 0.308 e. The number of carbonyl (C=O) groups excluding carboxylic acids is 1. The Labute approximate surface area is 129 Å². The van der Waals surface area contributed by atoms with Gasteiger partial charge in [-0.05, 0) is 30.5 Å². The molecule has 0 bridgehead atoms. The largest absolute Gasteiger partial charge is 0.493 e. The molecule has 6 heteroatoms. The maximum atomic E-state index is 12.6. The zero-order chi connectivity index (χ0) is 16.3. The number of nitrogens with zero attached hydrogens (tertiary/aromatic N) is 1. The summed E-state index contributed by atoms with van der Waals surface area (Å²) in [6.45, 7) is 2.77. The van der Waals surface area contributed by atoms with Crippen LogP contribution in [0.2, 0.25) is 0 Å². The Bertz CT molecular complexity index is 572. The Hall–Kier alpha value is -2.24. The lowest BCUT2D eigenvalue weighted by Crippen LogP contribution is -2.45. The highest BCUT2D eigenvalue weighted by atomic mass is 16.5. The average molecular weight is 307 g/mol. The minimum atomic E-state index is -0.850. The second-order valence-electron chi connectivity index (χ2n) is 5.66. The van der Waals surface area contributed by atoms with Crippen LogP contribution in [0, 0.1) is 11.8 Å². The molecule has 0 saturated carbocycles. The number of aliphatic carboxylic acids is 1. The average Bonchev–Trinajstić information content (AvgIpc) is 2.52. The van der Waals surface area contributed by atoms with Crippen LogP contribution >= 0.6 is 0 Å². The van der Waals surface area contributed by atoms with Crippen LogP contribution in [-0.2, 0) is 4.79 Å². The molecule has 0 radical (unpaired) electrons. The van der Waals surface area contributed by atoms with Crippen LogP contribution in [0.25, 0.3) is 0 Å². The molecule has 0 aliphatic carbocycles. The molecule has 1 fully saturated rings. The summed E-state index contributed by atoms with van der Waals surface area (Å²) in [5.74, 6) is -0.343. The van der Waals surface area contributed by atoms with E-state index in [9.17, 15) is 14.7 Å². The van der Waals surface area contributed by atoms with Gasteiger partial charge < -0.3 is 19.5 Å². The Morgan fingerprint density at radius 2 is 1.86 bits per heavy atom. The van der Waals surface area contributed by atoms with Crippen LogP contribution in [0.15, 0.2) is 18.2 Å². The van der Waals surface area contributed by atoms with Gasteiger partial charge in [0.15, 0.2) is 11.5 Å². The normalized spacial score (nSPS) is 21.3. The topological polar surface area (TPSA) is 76.1 Å². The van der Waals surface area contributed by atoms with Gasteiger partial charge in [0.2, 0.25) is 0 Å². The SMILES string of the molecule is COc1ccc(C(=O)N2CC(C)CC(C(=O)O)C2)cc1OC. The van der Waals surface area contributed by atoms with E-state index in [-0.39, 0.29) is 18.4 Å². The first-order valence-corrected chi connectivity index (χ1v) is 7.20. The van der Waals surface area contributed by atoms with Gasteiger partial charge in [-0.25, -0.2) is 0 Å². The van der Waals surface area contributed by atoms with Crippen molar-refractivity contribution < 1.29 is 24.2 Å². The quantitative estimate of drug-likeness (QED) is 0.919. The molecule has 0 spiro atoms. The fourth-order valence-corrected chi connectivity index (χ4v) is 2.85. The molecule has 1 aliphatic rings. The number of carbonyl (C=O) groups is 2. The number of ether oxygens (including phenoxy) is 2. The monoisotopic (exact) mass is 307 g/mol. The third-order valence-electron chi connectivity index (χ3n) is 3.93. The van der Waals surface area contributed by atoms with E-state index in [1.165, 1.54) is 14.2 Å². The lowest BCUT2D eigenvalue weighted by Gasteiger charge is -2.34. The van der Waals surface area contributed by atoms with Crippen LogP contribution in [0.1, 0.15) is 23.7 Å². The highest BCUT2D eigenvalue weighted by Crippen LogP contribution is 2.29. The molecule has 2 rings (SSSR count). The van der Waals surface area contributed by atoms with E-state index in [4.69, 9.17) is 9.47 Å². The molecule has 2 atom stereocenters. The summed E-state index contributed by atoms with van der Waals surface area (Å²) in [6, 6.07) is 4.96. The van der Waals surface area contributed by atoms with Crippen LogP contribution in [-0.4, -0.2) is 49.2 Å². The number of rotatable bonds is 4. The summed E-state index contributed by atoms with van der Waals surface area (Å²) in [6.07, 6.45) is 0.602. The van der Waals surface area contributed by atoms with E-state index in [1.54, 1.807) is 23.1 Å². The van der Waals surface area contributed by atoms with Gasteiger partial charge in [0.05, 0.1) is 20.1 Å². The highest BCUT2D eigenvalue weighted by molar-refractivity contribution is 5.95. The molecular formula is C16H21NO5. The van der Waals surface area contributed by atoms with Crippen molar-refractivity contribution in [2.75, 3.05) is 27.3 Å². The number of carboxylic acids is 1. The van der Waals surface area contributed by atoms with Crippen molar-refractivity contribution in [3.63, 3.8) is 0 Å². The molecule has 1 aromatic carbocycles. The fraction of sp³-hybridized carbons (Fsp3) is 0.500. The van der Waals surface area contributed by atoms with Crippen molar-refractivity contribution in [1.82, 2.24) is 4.90 Å². The van der Waals surface area contributed by atoms with Crippen LogP contribution in [0.5, 0.6) is 11.5 Å². The summed E-state index contributed by atoms with van der Waals surface area (Å²) in [7, 11) is 3.04. The van der Waals surface area contributed by atoms with E-state index < -0.39 is 11.9 Å². The van der Waals surface area contributed by atoms with Crippen molar-refractivity contribution in [2.45, 2.75) is 13.3 Å². The summed E-state index contributed by atoms with van der Waals surface area (Å²) >= 11 is 0. The first-order valence-electron chi connectivity index (χ1n) is 7.20. The van der Waals surface area contributed by atoms with Crippen LogP contribution in [0.4, 0.5) is 0 Å². The molecule has 1 saturated heterocycles. The molecule has 1 amide bonds. The molecule has 2 unspecified atom stereocenters. The van der Waals surface area contributed by atoms with Crippen molar-refractivity contribution in [1.29, 1.82) is 0 Å². The Morgan fingerprint density at radius 3 is 2.45 bits per heavy atom. The Morgan fingerprint density at radius 1 is 1.18 bits per heavy atom. The second kappa shape index (κ2) is 6.68. The molecule has 22 heavy (non-hydrogen) atoms. The Kier molecular flexibility index (Phi) is 4.90. The van der Waals surface area contributed by atoms with Gasteiger partial charge in [0, 0.05) is 18.7 Å². The molecule has 120 valence electrons. The van der Waals surface area contributed by atoms with Crippen LogP contribution < -0.4 is 9.47 Å². The summed E-state index contributed by atoms with van der Waals surface area (Å²) in [5, 5.41) is 9.20. The number of piperidine rings is 1. The van der Waals surface area contributed by atoms with E-state index >= 15 is 0 Å². The fourth-order valence-electron chi connectivity index (χ4n) is 2.85. The standard InChI is InChI=1S/C16H21NO5/c1-10-6-12(16(19)20)9-17(8-10)15(18)11-4-5-13(21-2)14(7-11)22-3/h4-5,7,10,12H,6,8-9H2,1-3H3,(H,19,20). The third kappa shape index (κ3) is 3.32. The van der Waals surface area contributed by atoms with Gasteiger partial charge in [-0.1, -0.05) is 6.92 Å². The lowest BCUT2D eigenvalue weighted by molar-refractivity contribution is -0.143. The number of carboxylic acid groups (broad SMARTS) is 1. The van der Waals surface area contributed by atoms with Gasteiger partial charge in [-0.15, -0.1) is 0 Å². The first-order chi connectivity index (χ1) is 10.5. The van der Waals surface area contributed by atoms with Crippen molar-refractivity contribution in [3.05, 3.63) is 23.8 Å². The van der Waals surface area contributed by atoms with Crippen molar-refractivity contribution in [2.24, 2.45) is 11.8 Å². The minimum absolute atomic E-state index is 0.166. The molecule has 1 heterocycles. The predicted octanol–water partition coefficient (Wildman–Crippen LogP) is 1.89. The minimum Gasteiger partial charge on any atom is -0.493 e. The van der Waals surface area contributed by atoms with Gasteiger partial charge in [-0.2, -0.15) is 0 Å². The van der Waals surface area contributed by atoms with E-state index in [0.29, 0.717) is 30.0 Å². The predicted molar refractivity (Wildman–Crippen MR) is 80.4 cm³/mol. The van der Waals surface area contributed by atoms with Crippen LogP contribution in [0.3, 0.4) is 0 Å². The number of hydrogen-bond acceptors (Lipinski definition) is 4. The van der Waals surface area contributed by atoms with Crippen molar-refractivity contribution >= 4 is 11.9 Å². The maximum absolute atomic E-state index is 12.6. The summed E-state index contributed by atoms with van der Waals surface area (Å²) in [5.41, 5.74) is 0.468. The number of methoxy groups -OCH3 is 2. The van der Waals surface area contributed by atoms with Crippen molar-refractivity contribution in [3.8, 4) is 11.5 Å². The third-order valence-corrected chi connectivity index (χ3v) is 3.93. The van der Waals surface area contributed by atoms with Gasteiger partial charge in [-0.3, -0.25) is 9.59 Å². The lowest BCUT2D eigenvalue weighted by atomic mass is 9.90.